The maximum atomic E-state index is 13.0. The zero-order valence-electron chi connectivity index (χ0n) is 19.5. The normalized spacial score (nSPS) is 18.1. The van der Waals surface area contributed by atoms with Gasteiger partial charge in [-0.1, -0.05) is 60.7 Å². The van der Waals surface area contributed by atoms with Crippen molar-refractivity contribution in [3.8, 4) is 0 Å². The van der Waals surface area contributed by atoms with Crippen LogP contribution in [0.4, 0.5) is 0 Å². The Morgan fingerprint density at radius 3 is 2.26 bits per heavy atom. The van der Waals surface area contributed by atoms with Crippen molar-refractivity contribution in [2.75, 3.05) is 19.6 Å². The van der Waals surface area contributed by atoms with Crippen LogP contribution in [-0.2, 0) is 27.2 Å². The first-order valence-corrected chi connectivity index (χ1v) is 11.9. The predicted molar refractivity (Wildman–Crippen MR) is 132 cm³/mol. The Labute approximate surface area is 201 Å². The lowest BCUT2D eigenvalue weighted by Gasteiger charge is -2.21. The molecule has 1 heterocycles. The first kappa shape index (κ1) is 25.4. The quantitative estimate of drug-likeness (QED) is 0.295. The van der Waals surface area contributed by atoms with Crippen LogP contribution in [0.2, 0.25) is 0 Å². The molecule has 0 unspecified atom stereocenters. The highest BCUT2D eigenvalue weighted by atomic mass is 16.2. The molecular weight excluding hydrogens is 430 g/mol. The number of nitrogens with two attached hydrogens (primary N) is 1. The molecule has 6 N–H and O–H groups in total. The lowest BCUT2D eigenvalue weighted by atomic mass is 10.0. The molecule has 1 aliphatic rings. The molecule has 1 aliphatic heterocycles. The molecule has 3 amide bonds. The summed E-state index contributed by atoms with van der Waals surface area (Å²) in [5.41, 5.74) is 7.70. The number of carbonyl (C=O) groups excluding carboxylic acids is 3. The maximum absolute atomic E-state index is 13.0. The van der Waals surface area contributed by atoms with Crippen molar-refractivity contribution < 1.29 is 14.4 Å². The van der Waals surface area contributed by atoms with Crippen molar-refractivity contribution in [3.63, 3.8) is 0 Å². The average Bonchev–Trinajstić information content (AvgIpc) is 3.34. The highest BCUT2D eigenvalue weighted by Crippen LogP contribution is 2.10. The van der Waals surface area contributed by atoms with Crippen LogP contribution in [-0.4, -0.2) is 55.5 Å². The fraction of sp³-hybridized carbons (Fsp3) is 0.423. The van der Waals surface area contributed by atoms with Gasteiger partial charge in [0.05, 0.1) is 12.6 Å². The summed E-state index contributed by atoms with van der Waals surface area (Å²) in [6.07, 6.45) is 3.34. The summed E-state index contributed by atoms with van der Waals surface area (Å²) in [6, 6.07) is 18.8. The van der Waals surface area contributed by atoms with Crippen LogP contribution in [0.5, 0.6) is 0 Å². The second-order valence-electron chi connectivity index (χ2n) is 8.63. The molecule has 8 heteroatoms. The van der Waals surface area contributed by atoms with Gasteiger partial charge in [-0.3, -0.25) is 14.4 Å². The molecule has 2 aromatic rings. The molecule has 0 radical (unpaired) electrons. The Morgan fingerprint density at radius 2 is 1.62 bits per heavy atom. The molecule has 2 aromatic carbocycles. The van der Waals surface area contributed by atoms with Gasteiger partial charge in [-0.05, 0) is 43.2 Å². The van der Waals surface area contributed by atoms with E-state index in [1.165, 1.54) is 5.56 Å². The monoisotopic (exact) mass is 465 g/mol. The third kappa shape index (κ3) is 8.28. The molecule has 1 fully saturated rings. The summed E-state index contributed by atoms with van der Waals surface area (Å²) in [5, 5.41) is 11.8. The van der Waals surface area contributed by atoms with Crippen LogP contribution in [0, 0.1) is 0 Å². The molecule has 182 valence electrons. The molecule has 3 rings (SSSR count). The minimum Gasteiger partial charge on any atom is -0.354 e. The van der Waals surface area contributed by atoms with Gasteiger partial charge in [-0.25, -0.2) is 0 Å². The van der Waals surface area contributed by atoms with Crippen molar-refractivity contribution in [3.05, 3.63) is 71.8 Å². The van der Waals surface area contributed by atoms with E-state index in [9.17, 15) is 14.4 Å². The summed E-state index contributed by atoms with van der Waals surface area (Å²) in [4.78, 5) is 37.4. The van der Waals surface area contributed by atoms with Crippen LogP contribution in [0.3, 0.4) is 0 Å². The van der Waals surface area contributed by atoms with Crippen LogP contribution < -0.4 is 27.0 Å². The van der Waals surface area contributed by atoms with Gasteiger partial charge in [0.25, 0.3) is 0 Å². The Hall–Kier alpha value is -3.23. The summed E-state index contributed by atoms with van der Waals surface area (Å²) < 4.78 is 0. The Kier molecular flexibility index (Phi) is 10.1. The van der Waals surface area contributed by atoms with Gasteiger partial charge in [0.15, 0.2) is 0 Å². The number of aryl methyl sites for hydroxylation is 2. The van der Waals surface area contributed by atoms with E-state index < -0.39 is 12.1 Å². The highest BCUT2D eigenvalue weighted by Gasteiger charge is 2.32. The molecule has 8 nitrogen and oxygen atoms in total. The van der Waals surface area contributed by atoms with Crippen molar-refractivity contribution in [1.29, 1.82) is 0 Å². The SMILES string of the molecule is NCC(=O)N[C@@H]1CN[C@@H](C(=O)N[C@H](CCc2ccccc2)C(=O)NCCCc2ccccc2)C1. The van der Waals surface area contributed by atoms with Gasteiger partial charge in [0.2, 0.25) is 17.7 Å². The number of rotatable bonds is 12. The first-order chi connectivity index (χ1) is 16.5. The zero-order valence-corrected chi connectivity index (χ0v) is 19.5. The van der Waals surface area contributed by atoms with Crippen molar-refractivity contribution in [2.45, 2.75) is 50.2 Å². The summed E-state index contributed by atoms with van der Waals surface area (Å²) in [6.45, 7) is 0.948. The van der Waals surface area contributed by atoms with Gasteiger partial charge in [0, 0.05) is 19.1 Å². The van der Waals surface area contributed by atoms with E-state index in [0.29, 0.717) is 32.4 Å². The lowest BCUT2D eigenvalue weighted by molar-refractivity contribution is -0.130. The van der Waals surface area contributed by atoms with E-state index in [4.69, 9.17) is 5.73 Å². The maximum Gasteiger partial charge on any atom is 0.242 e. The number of hydrogen-bond acceptors (Lipinski definition) is 5. The molecule has 0 aromatic heterocycles. The molecule has 0 bridgehead atoms. The molecule has 0 aliphatic carbocycles. The summed E-state index contributed by atoms with van der Waals surface area (Å²) in [7, 11) is 0. The minimum absolute atomic E-state index is 0.0840. The van der Waals surface area contributed by atoms with Crippen molar-refractivity contribution in [1.82, 2.24) is 21.3 Å². The van der Waals surface area contributed by atoms with E-state index in [-0.39, 0.29) is 30.3 Å². The van der Waals surface area contributed by atoms with Crippen LogP contribution in [0.1, 0.15) is 30.4 Å². The predicted octanol–water partition coefficient (Wildman–Crippen LogP) is 0.658. The van der Waals surface area contributed by atoms with Gasteiger partial charge in [-0.15, -0.1) is 0 Å². The second kappa shape index (κ2) is 13.5. The smallest absolute Gasteiger partial charge is 0.242 e. The van der Waals surface area contributed by atoms with E-state index in [1.54, 1.807) is 0 Å². The second-order valence-corrected chi connectivity index (χ2v) is 8.63. The standard InChI is InChI=1S/C26H35N5O3/c27-17-24(32)30-21-16-23(29-18-21)26(34)31-22(14-13-20-10-5-2-6-11-20)25(33)28-15-7-12-19-8-3-1-4-9-19/h1-6,8-11,21-23,29H,7,12-18,27H2,(H,28,33)(H,30,32)(H,31,34)/t21-,22+,23+/m0/s1. The number of nitrogens with one attached hydrogen (secondary N) is 4. The van der Waals surface area contributed by atoms with Gasteiger partial charge < -0.3 is 27.0 Å². The molecule has 34 heavy (non-hydrogen) atoms. The van der Waals surface area contributed by atoms with Crippen LogP contribution >= 0.6 is 0 Å². The fourth-order valence-electron chi connectivity index (χ4n) is 4.10. The lowest BCUT2D eigenvalue weighted by Crippen LogP contribution is -2.51. The Bertz CT molecular complexity index is 923. The van der Waals surface area contributed by atoms with E-state index in [1.807, 2.05) is 48.5 Å². The van der Waals surface area contributed by atoms with Gasteiger partial charge in [-0.2, -0.15) is 0 Å². The Morgan fingerprint density at radius 1 is 0.971 bits per heavy atom. The van der Waals surface area contributed by atoms with E-state index in [0.717, 1.165) is 18.4 Å². The number of hydrogen-bond donors (Lipinski definition) is 5. The molecule has 1 saturated heterocycles. The highest BCUT2D eigenvalue weighted by molar-refractivity contribution is 5.90. The third-order valence-corrected chi connectivity index (χ3v) is 5.98. The molecule has 3 atom stereocenters. The van der Waals surface area contributed by atoms with E-state index >= 15 is 0 Å². The summed E-state index contributed by atoms with van der Waals surface area (Å²) >= 11 is 0. The molecular formula is C26H35N5O3. The van der Waals surface area contributed by atoms with Crippen molar-refractivity contribution in [2.24, 2.45) is 5.73 Å². The molecule has 0 saturated carbocycles. The number of amides is 3. The van der Waals surface area contributed by atoms with Crippen molar-refractivity contribution >= 4 is 17.7 Å². The topological polar surface area (TPSA) is 125 Å². The fourth-order valence-corrected chi connectivity index (χ4v) is 4.10. The van der Waals surface area contributed by atoms with E-state index in [2.05, 4.69) is 33.4 Å². The average molecular weight is 466 g/mol. The third-order valence-electron chi connectivity index (χ3n) is 5.98. The number of benzene rings is 2. The van der Waals surface area contributed by atoms with Crippen LogP contribution in [0.25, 0.3) is 0 Å². The molecule has 0 spiro atoms. The number of carbonyl (C=O) groups is 3. The minimum atomic E-state index is -0.635. The zero-order chi connectivity index (χ0) is 24.2. The summed E-state index contributed by atoms with van der Waals surface area (Å²) in [5.74, 6) is -0.659. The van der Waals surface area contributed by atoms with Gasteiger partial charge in [0.1, 0.15) is 6.04 Å². The van der Waals surface area contributed by atoms with Gasteiger partial charge >= 0.3 is 0 Å². The largest absolute Gasteiger partial charge is 0.354 e. The van der Waals surface area contributed by atoms with Crippen LogP contribution in [0.15, 0.2) is 60.7 Å². The first-order valence-electron chi connectivity index (χ1n) is 11.9. The Balaban J connectivity index is 1.52.